The molecule has 9 aromatic carbocycles. The summed E-state index contributed by atoms with van der Waals surface area (Å²) >= 11 is 0. The summed E-state index contributed by atoms with van der Waals surface area (Å²) in [5, 5.41) is 7.37. The van der Waals surface area contributed by atoms with E-state index in [-0.39, 0.29) is 0 Å². The molecular weight excluding hydrogens is 713 g/mol. The third kappa shape index (κ3) is 6.23. The highest BCUT2D eigenvalue weighted by atomic mass is 14.9. The van der Waals surface area contributed by atoms with Crippen molar-refractivity contribution >= 4 is 44.0 Å². The van der Waals surface area contributed by atoms with Crippen LogP contribution in [0.4, 0.5) is 0 Å². The average Bonchev–Trinajstić information content (AvgIpc) is 3.54. The molecule has 0 saturated heterocycles. The van der Waals surface area contributed by atoms with Crippen molar-refractivity contribution in [3.8, 4) is 56.2 Å². The van der Waals surface area contributed by atoms with Crippen LogP contribution < -0.4 is 0 Å². The number of benzene rings is 9. The van der Waals surface area contributed by atoms with Gasteiger partial charge in [0.25, 0.3) is 0 Å². The van der Waals surface area contributed by atoms with Gasteiger partial charge in [-0.3, -0.25) is 0 Å². The van der Waals surface area contributed by atoms with Gasteiger partial charge in [0.1, 0.15) is 0 Å². The van der Waals surface area contributed by atoms with E-state index in [1.807, 2.05) is 6.07 Å². The number of hydrogen-bond acceptors (Lipinski definition) is 2. The first-order valence-electron chi connectivity index (χ1n) is 20.3. The number of fused-ring (bicyclic) bond motifs is 4. The first-order valence-corrected chi connectivity index (χ1v) is 20.3. The van der Waals surface area contributed by atoms with Crippen LogP contribution in [0, 0.1) is 0 Å². The smallest absolute Gasteiger partial charge is 0.160 e. The van der Waals surface area contributed by atoms with Gasteiger partial charge in [-0.25, -0.2) is 9.97 Å². The maximum Gasteiger partial charge on any atom is 0.160 e. The van der Waals surface area contributed by atoms with Crippen LogP contribution in [0.1, 0.15) is 23.1 Å². The van der Waals surface area contributed by atoms with Gasteiger partial charge in [0.15, 0.2) is 5.82 Å². The van der Waals surface area contributed by atoms with Crippen molar-refractivity contribution in [2.24, 2.45) is 0 Å². The highest BCUT2D eigenvalue weighted by molar-refractivity contribution is 6.21. The van der Waals surface area contributed by atoms with Crippen LogP contribution in [-0.2, 0) is 0 Å². The summed E-state index contributed by atoms with van der Waals surface area (Å²) in [7, 11) is 0. The third-order valence-corrected chi connectivity index (χ3v) is 11.7. The summed E-state index contributed by atoms with van der Waals surface area (Å²) in [5.41, 5.74) is 14.7. The molecule has 0 saturated carbocycles. The van der Waals surface area contributed by atoms with Crippen LogP contribution in [0.5, 0.6) is 0 Å². The van der Waals surface area contributed by atoms with E-state index < -0.39 is 0 Å². The third-order valence-electron chi connectivity index (χ3n) is 11.7. The predicted molar refractivity (Wildman–Crippen MR) is 249 cm³/mol. The van der Waals surface area contributed by atoms with Crippen molar-refractivity contribution in [1.82, 2.24) is 9.97 Å². The SMILES string of the molecule is C1=Cc2cccc(-c3cc(-c4ccc5cc(-c6c7ccccc7c(-c7ccccc7)c7ccccc67)ccc5c4)nc(-c4ccccc4)n3)c2C(c2ccccc2)=CC1. The van der Waals surface area contributed by atoms with Crippen LogP contribution in [0.25, 0.3) is 100 Å². The summed E-state index contributed by atoms with van der Waals surface area (Å²) in [4.78, 5) is 10.5. The normalized spacial score (nSPS) is 12.4. The lowest BCUT2D eigenvalue weighted by molar-refractivity contribution is 1.18. The zero-order valence-electron chi connectivity index (χ0n) is 32.4. The van der Waals surface area contributed by atoms with E-state index in [4.69, 9.17) is 9.97 Å². The van der Waals surface area contributed by atoms with Gasteiger partial charge in [-0.1, -0.05) is 200 Å². The van der Waals surface area contributed by atoms with E-state index in [0.717, 1.165) is 39.9 Å². The van der Waals surface area contributed by atoms with E-state index in [9.17, 15) is 0 Å². The van der Waals surface area contributed by atoms with Gasteiger partial charge < -0.3 is 0 Å². The van der Waals surface area contributed by atoms with Gasteiger partial charge in [0.2, 0.25) is 0 Å². The molecule has 0 spiro atoms. The molecule has 1 aliphatic carbocycles. The Morgan fingerprint density at radius 3 is 1.53 bits per heavy atom. The van der Waals surface area contributed by atoms with Gasteiger partial charge in [0.05, 0.1) is 11.4 Å². The largest absolute Gasteiger partial charge is 0.228 e. The van der Waals surface area contributed by atoms with Gasteiger partial charge in [-0.15, -0.1) is 0 Å². The first kappa shape index (κ1) is 34.6. The lowest BCUT2D eigenvalue weighted by Crippen LogP contribution is -2.00. The summed E-state index contributed by atoms with van der Waals surface area (Å²) in [5.74, 6) is 0.707. The average molecular weight is 751 g/mol. The summed E-state index contributed by atoms with van der Waals surface area (Å²) < 4.78 is 0. The Morgan fingerprint density at radius 2 is 0.881 bits per heavy atom. The van der Waals surface area contributed by atoms with Gasteiger partial charge in [-0.2, -0.15) is 0 Å². The van der Waals surface area contributed by atoms with E-state index in [1.54, 1.807) is 0 Å². The van der Waals surface area contributed by atoms with Crippen molar-refractivity contribution in [1.29, 1.82) is 0 Å². The molecular formula is C57H38N2. The summed E-state index contributed by atoms with van der Waals surface area (Å²) in [6.45, 7) is 0. The monoisotopic (exact) mass is 750 g/mol. The Labute approximate surface area is 344 Å². The highest BCUT2D eigenvalue weighted by Gasteiger charge is 2.20. The minimum Gasteiger partial charge on any atom is -0.228 e. The Kier molecular flexibility index (Phi) is 8.60. The molecule has 0 radical (unpaired) electrons. The fourth-order valence-electron chi connectivity index (χ4n) is 8.95. The maximum absolute atomic E-state index is 5.29. The Morgan fingerprint density at radius 1 is 0.356 bits per heavy atom. The van der Waals surface area contributed by atoms with Crippen molar-refractivity contribution in [3.05, 3.63) is 229 Å². The number of allylic oxidation sites excluding steroid dienone is 2. The van der Waals surface area contributed by atoms with Crippen molar-refractivity contribution in [2.75, 3.05) is 0 Å². The van der Waals surface area contributed by atoms with E-state index in [2.05, 4.69) is 212 Å². The second kappa shape index (κ2) is 14.7. The Balaban J connectivity index is 1.06. The molecule has 276 valence electrons. The molecule has 0 unspecified atom stereocenters. The zero-order chi connectivity index (χ0) is 39.1. The van der Waals surface area contributed by atoms with Gasteiger partial charge >= 0.3 is 0 Å². The zero-order valence-corrected chi connectivity index (χ0v) is 32.4. The molecule has 59 heavy (non-hydrogen) atoms. The van der Waals surface area contributed by atoms with Crippen LogP contribution in [-0.4, -0.2) is 9.97 Å². The minimum atomic E-state index is 0.707. The molecule has 10 aromatic rings. The standard InChI is InChI=1S/C57H38N2/c1-4-17-38(18-5-1)46-25-11-10-21-40-24-16-30-51(54(40)46)53-37-52(58-57(59-53)41-22-8-3-9-23-41)44-33-31-43-36-45(34-32-42(43)35-44)56-49-28-14-12-26-47(49)55(39-19-6-2-7-20-39)48-27-13-15-29-50(48)56/h1-10,12-37H,11H2. The fraction of sp³-hybridized carbons (Fsp3) is 0.0175. The van der Waals surface area contributed by atoms with Gasteiger partial charge in [-0.05, 0) is 101 Å². The molecule has 2 heteroatoms. The number of hydrogen-bond donors (Lipinski definition) is 0. The lowest BCUT2D eigenvalue weighted by Gasteiger charge is -2.18. The molecule has 0 N–H and O–H groups in total. The molecule has 0 atom stereocenters. The molecule has 0 fully saturated rings. The molecule has 0 amide bonds. The Bertz CT molecular complexity index is 3210. The first-order chi connectivity index (χ1) is 29.3. The number of nitrogens with zero attached hydrogens (tertiary/aromatic N) is 2. The minimum absolute atomic E-state index is 0.707. The summed E-state index contributed by atoms with van der Waals surface area (Å²) in [6, 6.07) is 71.9. The second-order valence-corrected chi connectivity index (χ2v) is 15.2. The predicted octanol–water partition coefficient (Wildman–Crippen LogP) is 15.1. The van der Waals surface area contributed by atoms with Crippen molar-refractivity contribution in [3.63, 3.8) is 0 Å². The van der Waals surface area contributed by atoms with E-state index in [1.165, 1.54) is 71.4 Å². The van der Waals surface area contributed by atoms with Crippen LogP contribution >= 0.6 is 0 Å². The highest BCUT2D eigenvalue weighted by Crippen LogP contribution is 2.44. The van der Waals surface area contributed by atoms with Crippen LogP contribution in [0.15, 0.2) is 212 Å². The Hall–Kier alpha value is -7.68. The fourth-order valence-corrected chi connectivity index (χ4v) is 8.95. The van der Waals surface area contributed by atoms with Crippen LogP contribution in [0.2, 0.25) is 0 Å². The van der Waals surface area contributed by atoms with Crippen molar-refractivity contribution in [2.45, 2.75) is 6.42 Å². The van der Waals surface area contributed by atoms with E-state index >= 15 is 0 Å². The van der Waals surface area contributed by atoms with Gasteiger partial charge in [0, 0.05) is 16.7 Å². The molecule has 0 aliphatic heterocycles. The van der Waals surface area contributed by atoms with Crippen LogP contribution in [0.3, 0.4) is 0 Å². The molecule has 1 aliphatic rings. The molecule has 1 aromatic heterocycles. The number of rotatable bonds is 6. The number of aromatic nitrogens is 2. The second-order valence-electron chi connectivity index (χ2n) is 15.2. The summed E-state index contributed by atoms with van der Waals surface area (Å²) in [6.07, 6.45) is 7.69. The van der Waals surface area contributed by atoms with Crippen molar-refractivity contribution < 1.29 is 0 Å². The lowest BCUT2D eigenvalue weighted by atomic mass is 9.85. The quantitative estimate of drug-likeness (QED) is 0.158. The molecule has 1 heterocycles. The maximum atomic E-state index is 5.29. The molecule has 2 nitrogen and oxygen atoms in total. The van der Waals surface area contributed by atoms with E-state index in [0.29, 0.717) is 5.82 Å². The molecule has 0 bridgehead atoms. The molecule has 11 rings (SSSR count). The topological polar surface area (TPSA) is 25.8 Å².